The predicted octanol–water partition coefficient (Wildman–Crippen LogP) is 2.54. The number of aliphatic hydroxyl groups is 2. The predicted molar refractivity (Wildman–Crippen MR) is 82.6 cm³/mol. The van der Waals surface area contributed by atoms with E-state index in [4.69, 9.17) is 4.74 Å². The van der Waals surface area contributed by atoms with Crippen LogP contribution in [-0.4, -0.2) is 34.0 Å². The lowest BCUT2D eigenvalue weighted by Crippen LogP contribution is -2.27. The fourth-order valence-electron chi connectivity index (χ4n) is 1.80. The molecule has 0 saturated heterocycles. The van der Waals surface area contributed by atoms with E-state index >= 15 is 0 Å². The van der Waals surface area contributed by atoms with Crippen molar-refractivity contribution < 1.29 is 19.7 Å². The van der Waals surface area contributed by atoms with Gasteiger partial charge in [-0.2, -0.15) is 0 Å². The van der Waals surface area contributed by atoms with Crippen LogP contribution in [0.3, 0.4) is 0 Å². The number of rotatable bonds is 6. The third-order valence-corrected chi connectivity index (χ3v) is 2.65. The first kappa shape index (κ1) is 17.4. The highest BCUT2D eigenvalue weighted by atomic mass is 16.6. The minimum Gasteiger partial charge on any atom is -0.460 e. The molecule has 0 heterocycles. The monoisotopic (exact) mass is 292 g/mol. The van der Waals surface area contributed by atoms with Crippen molar-refractivity contribution in [3.8, 4) is 0 Å². The highest BCUT2D eigenvalue weighted by molar-refractivity contribution is 5.70. The van der Waals surface area contributed by atoms with Gasteiger partial charge in [0.05, 0.1) is 18.6 Å². The Hall–Kier alpha value is -1.65. The Morgan fingerprint density at radius 2 is 1.86 bits per heavy atom. The maximum atomic E-state index is 11.5. The third-order valence-electron chi connectivity index (χ3n) is 2.65. The van der Waals surface area contributed by atoms with Crippen LogP contribution < -0.4 is 0 Å². The number of benzene rings is 1. The zero-order valence-electron chi connectivity index (χ0n) is 12.8. The number of esters is 1. The molecule has 0 fully saturated rings. The van der Waals surface area contributed by atoms with E-state index < -0.39 is 23.8 Å². The molecule has 2 N–H and O–H groups in total. The highest BCUT2D eigenvalue weighted by Gasteiger charge is 2.20. The zero-order chi connectivity index (χ0) is 15.9. The molecule has 0 aliphatic carbocycles. The first-order chi connectivity index (χ1) is 9.76. The van der Waals surface area contributed by atoms with Crippen LogP contribution in [0.4, 0.5) is 0 Å². The van der Waals surface area contributed by atoms with E-state index in [1.807, 2.05) is 30.3 Å². The topological polar surface area (TPSA) is 66.8 Å². The van der Waals surface area contributed by atoms with Crippen molar-refractivity contribution in [2.75, 3.05) is 0 Å². The van der Waals surface area contributed by atoms with Crippen LogP contribution in [0.2, 0.25) is 0 Å². The lowest BCUT2D eigenvalue weighted by molar-refractivity contribution is -0.157. The normalized spacial score (nSPS) is 14.9. The molecular formula is C17H24O4. The van der Waals surface area contributed by atoms with Crippen molar-refractivity contribution in [2.24, 2.45) is 0 Å². The van der Waals surface area contributed by atoms with Gasteiger partial charge in [-0.05, 0) is 26.3 Å². The average Bonchev–Trinajstić information content (AvgIpc) is 2.35. The fourth-order valence-corrected chi connectivity index (χ4v) is 1.80. The first-order valence-electron chi connectivity index (χ1n) is 7.07. The van der Waals surface area contributed by atoms with Crippen molar-refractivity contribution in [3.05, 3.63) is 42.0 Å². The molecule has 1 aromatic carbocycles. The van der Waals surface area contributed by atoms with Crippen LogP contribution in [0, 0.1) is 0 Å². The Kier molecular flexibility index (Phi) is 6.59. The average molecular weight is 292 g/mol. The smallest absolute Gasteiger partial charge is 0.308 e. The zero-order valence-corrected chi connectivity index (χ0v) is 12.8. The lowest BCUT2D eigenvalue weighted by atomic mass is 10.1. The van der Waals surface area contributed by atoms with Crippen molar-refractivity contribution in [2.45, 2.75) is 51.4 Å². The molecule has 4 heteroatoms. The van der Waals surface area contributed by atoms with Crippen LogP contribution in [-0.2, 0) is 9.53 Å². The summed E-state index contributed by atoms with van der Waals surface area (Å²) in [6.07, 6.45) is 1.65. The Morgan fingerprint density at radius 1 is 1.24 bits per heavy atom. The van der Waals surface area contributed by atoms with Gasteiger partial charge in [0.25, 0.3) is 0 Å². The maximum absolute atomic E-state index is 11.5. The number of hydrogen-bond acceptors (Lipinski definition) is 4. The standard InChI is InChI=1S/C17H24O4/c1-17(2,3)21-16(20)12-15(19)11-14(18)10-9-13-7-5-4-6-8-13/h4-10,14-15,18-19H,11-12H2,1-3H3/b10-9+. The molecular weight excluding hydrogens is 268 g/mol. The van der Waals surface area contributed by atoms with Crippen LogP contribution in [0.15, 0.2) is 36.4 Å². The molecule has 0 amide bonds. The molecule has 0 aliphatic heterocycles. The van der Waals surface area contributed by atoms with Gasteiger partial charge >= 0.3 is 5.97 Å². The fraction of sp³-hybridized carbons (Fsp3) is 0.471. The van der Waals surface area contributed by atoms with E-state index in [9.17, 15) is 15.0 Å². The largest absolute Gasteiger partial charge is 0.460 e. The van der Waals surface area contributed by atoms with Gasteiger partial charge < -0.3 is 14.9 Å². The molecule has 21 heavy (non-hydrogen) atoms. The molecule has 0 aliphatic rings. The minimum absolute atomic E-state index is 0.0998. The van der Waals surface area contributed by atoms with Crippen LogP contribution >= 0.6 is 0 Å². The van der Waals surface area contributed by atoms with Crippen LogP contribution in [0.5, 0.6) is 0 Å². The van der Waals surface area contributed by atoms with Gasteiger partial charge in [-0.15, -0.1) is 0 Å². The van der Waals surface area contributed by atoms with Gasteiger partial charge in [0.15, 0.2) is 0 Å². The van der Waals surface area contributed by atoms with Crippen molar-refractivity contribution in [1.29, 1.82) is 0 Å². The summed E-state index contributed by atoms with van der Waals surface area (Å²) < 4.78 is 5.12. The van der Waals surface area contributed by atoms with Gasteiger partial charge in [-0.1, -0.05) is 42.5 Å². The van der Waals surface area contributed by atoms with E-state index in [2.05, 4.69) is 0 Å². The van der Waals surface area contributed by atoms with Crippen LogP contribution in [0.1, 0.15) is 39.2 Å². The second kappa shape index (κ2) is 7.96. The molecule has 0 radical (unpaired) electrons. The van der Waals surface area contributed by atoms with Gasteiger partial charge in [0.1, 0.15) is 5.60 Å². The summed E-state index contributed by atoms with van der Waals surface area (Å²) in [5.41, 5.74) is 0.404. The Labute approximate surface area is 126 Å². The summed E-state index contributed by atoms with van der Waals surface area (Å²) in [5, 5.41) is 19.6. The van der Waals surface area contributed by atoms with Gasteiger partial charge in [-0.3, -0.25) is 4.79 Å². The summed E-state index contributed by atoms with van der Waals surface area (Å²) in [6.45, 7) is 5.32. The van der Waals surface area contributed by atoms with Crippen molar-refractivity contribution in [3.63, 3.8) is 0 Å². The van der Waals surface area contributed by atoms with E-state index in [0.717, 1.165) is 5.56 Å². The van der Waals surface area contributed by atoms with E-state index in [1.54, 1.807) is 32.9 Å². The van der Waals surface area contributed by atoms with Crippen molar-refractivity contribution in [1.82, 2.24) is 0 Å². The summed E-state index contributed by atoms with van der Waals surface area (Å²) in [6, 6.07) is 9.56. The van der Waals surface area contributed by atoms with E-state index in [-0.39, 0.29) is 12.8 Å². The number of carbonyl (C=O) groups is 1. The summed E-state index contributed by atoms with van der Waals surface area (Å²) in [5.74, 6) is -0.464. The quantitative estimate of drug-likeness (QED) is 0.791. The molecule has 1 rings (SSSR count). The van der Waals surface area contributed by atoms with Crippen LogP contribution in [0.25, 0.3) is 6.08 Å². The van der Waals surface area contributed by atoms with Gasteiger partial charge in [0, 0.05) is 6.42 Å². The molecule has 4 nitrogen and oxygen atoms in total. The van der Waals surface area contributed by atoms with Crippen molar-refractivity contribution >= 4 is 12.0 Å². The number of ether oxygens (including phenoxy) is 1. The number of hydrogen-bond donors (Lipinski definition) is 2. The molecule has 0 bridgehead atoms. The highest BCUT2D eigenvalue weighted by Crippen LogP contribution is 2.12. The second-order valence-corrected chi connectivity index (χ2v) is 6.02. The Morgan fingerprint density at radius 3 is 2.43 bits per heavy atom. The van der Waals surface area contributed by atoms with E-state index in [1.165, 1.54) is 0 Å². The maximum Gasteiger partial charge on any atom is 0.308 e. The summed E-state index contributed by atoms with van der Waals surface area (Å²) >= 11 is 0. The lowest BCUT2D eigenvalue weighted by Gasteiger charge is -2.21. The molecule has 2 unspecified atom stereocenters. The van der Waals surface area contributed by atoms with Gasteiger partial charge in [-0.25, -0.2) is 0 Å². The molecule has 0 saturated carbocycles. The molecule has 2 atom stereocenters. The Balaban J connectivity index is 2.38. The minimum atomic E-state index is -0.921. The summed E-state index contributed by atoms with van der Waals surface area (Å²) in [4.78, 5) is 11.5. The number of aliphatic hydroxyl groups excluding tert-OH is 2. The second-order valence-electron chi connectivity index (χ2n) is 6.02. The molecule has 0 spiro atoms. The van der Waals surface area contributed by atoms with Gasteiger partial charge in [0.2, 0.25) is 0 Å². The first-order valence-corrected chi connectivity index (χ1v) is 7.07. The SMILES string of the molecule is CC(C)(C)OC(=O)CC(O)CC(O)/C=C/c1ccccc1. The van der Waals surface area contributed by atoms with E-state index in [0.29, 0.717) is 0 Å². The summed E-state index contributed by atoms with van der Waals surface area (Å²) in [7, 11) is 0. The molecule has 116 valence electrons. The molecule has 0 aromatic heterocycles. The third kappa shape index (κ3) is 8.27. The molecule has 1 aromatic rings. The Bertz CT molecular complexity index is 459. The number of carbonyl (C=O) groups excluding carboxylic acids is 1.